The molecule has 2 aromatic carbocycles. The minimum atomic E-state index is -4.80. The summed E-state index contributed by atoms with van der Waals surface area (Å²) < 4.78 is 41.9. The number of nitrogens with one attached hydrogen (secondary N) is 2. The predicted octanol–water partition coefficient (Wildman–Crippen LogP) is 4.92. The number of benzene rings is 2. The van der Waals surface area contributed by atoms with Gasteiger partial charge < -0.3 is 20.3 Å². The molecule has 10 heteroatoms. The Balaban J connectivity index is 1.27. The molecule has 36 heavy (non-hydrogen) atoms. The van der Waals surface area contributed by atoms with Crippen LogP contribution in [0.3, 0.4) is 0 Å². The van der Waals surface area contributed by atoms with Gasteiger partial charge in [-0.1, -0.05) is 30.3 Å². The summed E-state index contributed by atoms with van der Waals surface area (Å²) in [5.41, 5.74) is 1.09. The van der Waals surface area contributed by atoms with Crippen molar-refractivity contribution >= 4 is 28.6 Å². The van der Waals surface area contributed by atoms with Crippen molar-refractivity contribution in [3.8, 4) is 5.75 Å². The Kier molecular flexibility index (Phi) is 7.81. The fourth-order valence-corrected chi connectivity index (χ4v) is 4.55. The molecule has 0 spiro atoms. The number of amides is 1. The third-order valence-corrected chi connectivity index (χ3v) is 6.32. The Morgan fingerprint density at radius 3 is 2.44 bits per heavy atom. The third-order valence-electron chi connectivity index (χ3n) is 6.32. The number of ether oxygens (including phenoxy) is 1. The second-order valence-corrected chi connectivity index (χ2v) is 9.28. The van der Waals surface area contributed by atoms with Gasteiger partial charge >= 0.3 is 6.36 Å². The van der Waals surface area contributed by atoms with Gasteiger partial charge in [0.15, 0.2) is 0 Å². The van der Waals surface area contributed by atoms with Crippen LogP contribution in [0.4, 0.5) is 24.9 Å². The zero-order valence-electron chi connectivity index (χ0n) is 20.3. The first-order valence-corrected chi connectivity index (χ1v) is 12.0. The van der Waals surface area contributed by atoms with Crippen molar-refractivity contribution < 1.29 is 22.7 Å². The lowest BCUT2D eigenvalue weighted by Crippen LogP contribution is -2.39. The van der Waals surface area contributed by atoms with E-state index < -0.39 is 6.36 Å². The molecule has 0 radical (unpaired) electrons. The number of aromatic nitrogens is 2. The normalized spacial score (nSPS) is 18.0. The summed E-state index contributed by atoms with van der Waals surface area (Å²) in [5.74, 6) is 1.21. The van der Waals surface area contributed by atoms with Crippen molar-refractivity contribution in [2.24, 2.45) is 5.92 Å². The Labute approximate surface area is 208 Å². The van der Waals surface area contributed by atoms with Gasteiger partial charge in [0.1, 0.15) is 11.6 Å². The van der Waals surface area contributed by atoms with Crippen LogP contribution in [0.25, 0.3) is 10.9 Å². The van der Waals surface area contributed by atoms with E-state index in [-0.39, 0.29) is 29.7 Å². The number of alkyl halides is 3. The molecular weight excluding hydrogens is 471 g/mol. The van der Waals surface area contributed by atoms with E-state index in [1.54, 1.807) is 6.07 Å². The predicted molar refractivity (Wildman–Crippen MR) is 133 cm³/mol. The molecule has 192 valence electrons. The Morgan fingerprint density at radius 2 is 1.72 bits per heavy atom. The molecule has 1 aliphatic carbocycles. The molecule has 0 bridgehead atoms. The van der Waals surface area contributed by atoms with E-state index in [0.29, 0.717) is 11.9 Å². The van der Waals surface area contributed by atoms with E-state index in [0.717, 1.165) is 48.9 Å². The first-order chi connectivity index (χ1) is 17.2. The van der Waals surface area contributed by atoms with Crippen molar-refractivity contribution in [2.75, 3.05) is 30.9 Å². The number of fused-ring (bicyclic) bond motifs is 1. The summed E-state index contributed by atoms with van der Waals surface area (Å²) in [6.45, 7) is 0.730. The van der Waals surface area contributed by atoms with Crippen LogP contribution in [-0.2, 0) is 11.2 Å². The van der Waals surface area contributed by atoms with Gasteiger partial charge in [-0.15, -0.1) is 13.2 Å². The lowest BCUT2D eigenvalue weighted by molar-refractivity contribution is -0.274. The van der Waals surface area contributed by atoms with Crippen LogP contribution in [0, 0.1) is 5.92 Å². The smallest absolute Gasteiger partial charge is 0.405 e. The fourth-order valence-electron chi connectivity index (χ4n) is 4.55. The van der Waals surface area contributed by atoms with Crippen molar-refractivity contribution in [1.29, 1.82) is 0 Å². The standard InChI is InChI=1S/C26H30F3N5O2/c1-34(2)24-20-8-4-5-9-21(20)32-25(33-24)30-16-17-11-13-19(14-12-17)31-23(35)15-18-7-3-6-10-22(18)36-26(27,28)29/h3-10,17,19H,11-16H2,1-2H3,(H,31,35)(H,30,32,33). The fraction of sp³-hybridized carbons (Fsp3) is 0.423. The van der Waals surface area contributed by atoms with Gasteiger partial charge in [-0.3, -0.25) is 4.79 Å². The van der Waals surface area contributed by atoms with Crippen LogP contribution in [0.2, 0.25) is 0 Å². The molecule has 4 rings (SSSR count). The van der Waals surface area contributed by atoms with Crippen molar-refractivity contribution in [3.63, 3.8) is 0 Å². The number of hydrogen-bond acceptors (Lipinski definition) is 6. The average molecular weight is 502 g/mol. The van der Waals surface area contributed by atoms with E-state index in [9.17, 15) is 18.0 Å². The van der Waals surface area contributed by atoms with Crippen LogP contribution in [-0.4, -0.2) is 48.9 Å². The summed E-state index contributed by atoms with van der Waals surface area (Å²) >= 11 is 0. The highest BCUT2D eigenvalue weighted by Crippen LogP contribution is 2.28. The molecule has 7 nitrogen and oxygen atoms in total. The number of carbonyl (C=O) groups is 1. The maximum absolute atomic E-state index is 12.6. The molecule has 0 aliphatic heterocycles. The van der Waals surface area contributed by atoms with E-state index in [1.807, 2.05) is 43.3 Å². The number of halogens is 3. The second kappa shape index (κ2) is 11.0. The van der Waals surface area contributed by atoms with Crippen LogP contribution >= 0.6 is 0 Å². The van der Waals surface area contributed by atoms with Gasteiger partial charge in [0.05, 0.1) is 11.9 Å². The molecule has 1 amide bonds. The van der Waals surface area contributed by atoms with Crippen molar-refractivity contribution in [3.05, 3.63) is 54.1 Å². The maximum atomic E-state index is 12.6. The monoisotopic (exact) mass is 501 g/mol. The van der Waals surface area contributed by atoms with Gasteiger partial charge in [-0.05, 0) is 49.8 Å². The second-order valence-electron chi connectivity index (χ2n) is 9.28. The maximum Gasteiger partial charge on any atom is 0.573 e. The number of para-hydroxylation sites is 2. The van der Waals surface area contributed by atoms with Crippen LogP contribution in [0.5, 0.6) is 5.75 Å². The Bertz CT molecular complexity index is 1190. The molecule has 1 fully saturated rings. The molecule has 2 N–H and O–H groups in total. The van der Waals surface area contributed by atoms with Gasteiger partial charge in [0.2, 0.25) is 11.9 Å². The number of anilines is 2. The van der Waals surface area contributed by atoms with Gasteiger partial charge in [0, 0.05) is 37.6 Å². The average Bonchev–Trinajstić information content (AvgIpc) is 2.83. The van der Waals surface area contributed by atoms with Crippen LogP contribution in [0.15, 0.2) is 48.5 Å². The summed E-state index contributed by atoms with van der Waals surface area (Å²) in [6, 6.07) is 13.6. The molecule has 1 heterocycles. The van der Waals surface area contributed by atoms with E-state index in [4.69, 9.17) is 0 Å². The summed E-state index contributed by atoms with van der Waals surface area (Å²) in [5, 5.41) is 7.34. The molecule has 0 unspecified atom stereocenters. The first-order valence-electron chi connectivity index (χ1n) is 12.0. The zero-order chi connectivity index (χ0) is 25.7. The summed E-state index contributed by atoms with van der Waals surface area (Å²) in [7, 11) is 3.91. The van der Waals surface area contributed by atoms with Gasteiger partial charge in [-0.25, -0.2) is 4.98 Å². The minimum absolute atomic E-state index is 0.00158. The summed E-state index contributed by atoms with van der Waals surface area (Å²) in [6.07, 6.45) is -1.52. The van der Waals surface area contributed by atoms with Gasteiger partial charge in [-0.2, -0.15) is 4.98 Å². The first kappa shape index (κ1) is 25.5. The van der Waals surface area contributed by atoms with Crippen molar-refractivity contribution in [2.45, 2.75) is 44.5 Å². The number of hydrogen-bond donors (Lipinski definition) is 2. The van der Waals surface area contributed by atoms with Crippen LogP contribution in [0.1, 0.15) is 31.2 Å². The van der Waals surface area contributed by atoms with E-state index >= 15 is 0 Å². The molecular formula is C26H30F3N5O2. The SMILES string of the molecule is CN(C)c1nc(NCC2CCC(NC(=O)Cc3ccccc3OC(F)(F)F)CC2)nc2ccccc12. The quantitative estimate of drug-likeness (QED) is 0.456. The molecule has 0 atom stereocenters. The topological polar surface area (TPSA) is 79.4 Å². The molecule has 3 aromatic rings. The molecule has 1 saturated carbocycles. The highest BCUT2D eigenvalue weighted by atomic mass is 19.4. The van der Waals surface area contributed by atoms with E-state index in [1.165, 1.54) is 18.2 Å². The number of rotatable bonds is 8. The summed E-state index contributed by atoms with van der Waals surface area (Å²) in [4.78, 5) is 23.8. The number of carbonyl (C=O) groups excluding carboxylic acids is 1. The minimum Gasteiger partial charge on any atom is -0.405 e. The lowest BCUT2D eigenvalue weighted by atomic mass is 9.86. The highest BCUT2D eigenvalue weighted by molar-refractivity contribution is 5.90. The zero-order valence-corrected chi connectivity index (χ0v) is 20.3. The molecule has 1 aromatic heterocycles. The largest absolute Gasteiger partial charge is 0.573 e. The lowest BCUT2D eigenvalue weighted by Gasteiger charge is -2.29. The van der Waals surface area contributed by atoms with Crippen LogP contribution < -0.4 is 20.3 Å². The van der Waals surface area contributed by atoms with Crippen molar-refractivity contribution in [1.82, 2.24) is 15.3 Å². The highest BCUT2D eigenvalue weighted by Gasteiger charge is 2.32. The van der Waals surface area contributed by atoms with Gasteiger partial charge in [0.25, 0.3) is 0 Å². The Morgan fingerprint density at radius 1 is 1.03 bits per heavy atom. The number of nitrogens with zero attached hydrogens (tertiary/aromatic N) is 3. The third kappa shape index (κ3) is 6.77. The molecule has 1 aliphatic rings. The van der Waals surface area contributed by atoms with E-state index in [2.05, 4.69) is 25.3 Å². The molecule has 0 saturated heterocycles. The Hall–Kier alpha value is -3.56.